The van der Waals surface area contributed by atoms with E-state index in [1.807, 2.05) is 18.3 Å². The van der Waals surface area contributed by atoms with Gasteiger partial charge in [-0.05, 0) is 37.8 Å². The first kappa shape index (κ1) is 13.3. The van der Waals surface area contributed by atoms with Gasteiger partial charge in [-0.15, -0.1) is 0 Å². The molecule has 0 aliphatic heterocycles. The minimum absolute atomic E-state index is 0.403. The van der Waals surface area contributed by atoms with Gasteiger partial charge in [0.2, 0.25) is 0 Å². The van der Waals surface area contributed by atoms with E-state index in [0.717, 1.165) is 18.0 Å². The molecule has 0 radical (unpaired) electrons. The summed E-state index contributed by atoms with van der Waals surface area (Å²) in [5.74, 6) is 0.912. The molecule has 1 N–H and O–H groups in total. The highest BCUT2D eigenvalue weighted by Gasteiger charge is 2.14. The Morgan fingerprint density at radius 2 is 2.06 bits per heavy atom. The molecular weight excluding hydrogens is 224 g/mol. The van der Waals surface area contributed by atoms with Crippen molar-refractivity contribution in [3.8, 4) is 5.75 Å². The largest absolute Gasteiger partial charge is 0.489 e. The number of aromatic nitrogens is 1. The Morgan fingerprint density at radius 3 is 2.67 bits per heavy atom. The van der Waals surface area contributed by atoms with Crippen LogP contribution in [0.4, 0.5) is 0 Å². The van der Waals surface area contributed by atoms with Gasteiger partial charge < -0.3 is 10.1 Å². The van der Waals surface area contributed by atoms with Crippen LogP contribution < -0.4 is 10.1 Å². The predicted octanol–water partition coefficient (Wildman–Crippen LogP) is 3.29. The summed E-state index contributed by atoms with van der Waals surface area (Å²) in [5.41, 5.74) is 1.07. The van der Waals surface area contributed by atoms with Crippen molar-refractivity contribution in [2.45, 2.75) is 64.6 Å². The zero-order valence-corrected chi connectivity index (χ0v) is 11.5. The third-order valence-electron chi connectivity index (χ3n) is 3.34. The van der Waals surface area contributed by atoms with E-state index >= 15 is 0 Å². The molecule has 3 nitrogen and oxygen atoms in total. The third-order valence-corrected chi connectivity index (χ3v) is 3.34. The van der Waals surface area contributed by atoms with E-state index in [0.29, 0.717) is 12.1 Å². The van der Waals surface area contributed by atoms with Crippen LogP contribution in [0, 0.1) is 0 Å². The maximum absolute atomic E-state index is 5.95. The smallest absolute Gasteiger partial charge is 0.138 e. The van der Waals surface area contributed by atoms with E-state index in [-0.39, 0.29) is 0 Å². The first-order chi connectivity index (χ1) is 8.74. The van der Waals surface area contributed by atoms with Gasteiger partial charge in [-0.25, -0.2) is 0 Å². The molecule has 0 atom stereocenters. The minimum Gasteiger partial charge on any atom is -0.489 e. The molecule has 1 saturated carbocycles. The first-order valence-corrected chi connectivity index (χ1v) is 7.09. The van der Waals surface area contributed by atoms with Crippen LogP contribution in [0.15, 0.2) is 18.3 Å². The molecule has 100 valence electrons. The van der Waals surface area contributed by atoms with Gasteiger partial charge in [0, 0.05) is 12.6 Å². The quantitative estimate of drug-likeness (QED) is 0.868. The number of hydrogen-bond donors (Lipinski definition) is 1. The molecule has 0 spiro atoms. The molecule has 1 heterocycles. The molecule has 0 bridgehead atoms. The summed E-state index contributed by atoms with van der Waals surface area (Å²) >= 11 is 0. The zero-order chi connectivity index (χ0) is 12.8. The lowest BCUT2D eigenvalue weighted by molar-refractivity contribution is 0.154. The van der Waals surface area contributed by atoms with Crippen LogP contribution in [-0.2, 0) is 6.54 Å². The van der Waals surface area contributed by atoms with Gasteiger partial charge >= 0.3 is 0 Å². The summed E-state index contributed by atoms with van der Waals surface area (Å²) in [6.45, 7) is 5.10. The maximum atomic E-state index is 5.95. The molecule has 0 saturated heterocycles. The summed E-state index contributed by atoms with van der Waals surface area (Å²) < 4.78 is 5.95. The highest BCUT2D eigenvalue weighted by Crippen LogP contribution is 2.22. The van der Waals surface area contributed by atoms with Gasteiger partial charge in [-0.2, -0.15) is 0 Å². The van der Waals surface area contributed by atoms with E-state index in [9.17, 15) is 0 Å². The van der Waals surface area contributed by atoms with Crippen LogP contribution in [0.2, 0.25) is 0 Å². The van der Waals surface area contributed by atoms with Crippen molar-refractivity contribution < 1.29 is 4.74 Å². The van der Waals surface area contributed by atoms with E-state index in [2.05, 4.69) is 24.1 Å². The van der Waals surface area contributed by atoms with Crippen molar-refractivity contribution in [2.75, 3.05) is 0 Å². The molecule has 1 fully saturated rings. The molecule has 0 amide bonds. The van der Waals surface area contributed by atoms with Crippen molar-refractivity contribution in [2.24, 2.45) is 0 Å². The molecule has 1 aliphatic rings. The molecule has 18 heavy (non-hydrogen) atoms. The van der Waals surface area contributed by atoms with E-state index < -0.39 is 0 Å². The number of nitrogens with one attached hydrogen (secondary N) is 1. The second kappa shape index (κ2) is 6.74. The summed E-state index contributed by atoms with van der Waals surface area (Å²) in [6, 6.07) is 4.58. The van der Waals surface area contributed by atoms with Crippen LogP contribution in [0.3, 0.4) is 0 Å². The first-order valence-electron chi connectivity index (χ1n) is 7.09. The Morgan fingerprint density at radius 1 is 1.28 bits per heavy atom. The van der Waals surface area contributed by atoms with Crippen LogP contribution >= 0.6 is 0 Å². The summed E-state index contributed by atoms with van der Waals surface area (Å²) in [6.07, 6.45) is 8.60. The molecule has 1 aromatic rings. The molecule has 1 aliphatic carbocycles. The lowest BCUT2D eigenvalue weighted by Gasteiger charge is -2.22. The van der Waals surface area contributed by atoms with Crippen molar-refractivity contribution in [1.82, 2.24) is 10.3 Å². The predicted molar refractivity (Wildman–Crippen MR) is 73.7 cm³/mol. The Balaban J connectivity index is 1.83. The van der Waals surface area contributed by atoms with E-state index in [1.54, 1.807) is 0 Å². The third kappa shape index (κ3) is 4.30. The Hall–Kier alpha value is -1.09. The molecule has 0 unspecified atom stereocenters. The lowest BCUT2D eigenvalue weighted by atomic mass is 9.98. The van der Waals surface area contributed by atoms with Crippen LogP contribution in [0.5, 0.6) is 5.75 Å². The topological polar surface area (TPSA) is 34.1 Å². The monoisotopic (exact) mass is 248 g/mol. The second-order valence-corrected chi connectivity index (χ2v) is 5.40. The van der Waals surface area contributed by atoms with Gasteiger partial charge in [0.15, 0.2) is 0 Å². The molecule has 2 rings (SSSR count). The Labute approximate surface area is 110 Å². The fraction of sp³-hybridized carbons (Fsp3) is 0.667. The van der Waals surface area contributed by atoms with Gasteiger partial charge in [0.05, 0.1) is 18.0 Å². The van der Waals surface area contributed by atoms with Crippen molar-refractivity contribution in [1.29, 1.82) is 0 Å². The number of nitrogens with zero attached hydrogens (tertiary/aromatic N) is 1. The fourth-order valence-corrected chi connectivity index (χ4v) is 2.27. The van der Waals surface area contributed by atoms with Crippen molar-refractivity contribution in [3.05, 3.63) is 24.0 Å². The summed E-state index contributed by atoms with van der Waals surface area (Å²) in [7, 11) is 0. The minimum atomic E-state index is 0.403. The summed E-state index contributed by atoms with van der Waals surface area (Å²) in [5, 5.41) is 3.36. The van der Waals surface area contributed by atoms with Crippen LogP contribution in [0.25, 0.3) is 0 Å². The highest BCUT2D eigenvalue weighted by atomic mass is 16.5. The second-order valence-electron chi connectivity index (χ2n) is 5.40. The molecule has 3 heteroatoms. The average molecular weight is 248 g/mol. The maximum Gasteiger partial charge on any atom is 0.138 e. The Bertz CT molecular complexity index is 342. The van der Waals surface area contributed by atoms with Crippen molar-refractivity contribution >= 4 is 0 Å². The van der Waals surface area contributed by atoms with E-state index in [4.69, 9.17) is 4.74 Å². The van der Waals surface area contributed by atoms with Gasteiger partial charge in [-0.1, -0.05) is 20.3 Å². The number of ether oxygens (including phenoxy) is 1. The zero-order valence-electron chi connectivity index (χ0n) is 11.5. The van der Waals surface area contributed by atoms with E-state index in [1.165, 1.54) is 32.1 Å². The standard InChI is InChI=1S/C15H24N2O/c1-12(2)16-10-13-8-9-15(11-17-13)18-14-6-4-3-5-7-14/h8-9,11-12,14,16H,3-7,10H2,1-2H3. The van der Waals surface area contributed by atoms with Crippen molar-refractivity contribution in [3.63, 3.8) is 0 Å². The summed E-state index contributed by atoms with van der Waals surface area (Å²) in [4.78, 5) is 4.43. The average Bonchev–Trinajstić information content (AvgIpc) is 2.39. The molecule has 1 aromatic heterocycles. The van der Waals surface area contributed by atoms with Gasteiger partial charge in [0.1, 0.15) is 5.75 Å². The van der Waals surface area contributed by atoms with Gasteiger partial charge in [0.25, 0.3) is 0 Å². The number of rotatable bonds is 5. The fourth-order valence-electron chi connectivity index (χ4n) is 2.27. The van der Waals surface area contributed by atoms with Crippen LogP contribution in [-0.4, -0.2) is 17.1 Å². The van der Waals surface area contributed by atoms with Crippen LogP contribution in [0.1, 0.15) is 51.6 Å². The number of hydrogen-bond acceptors (Lipinski definition) is 3. The molecular formula is C15H24N2O. The van der Waals surface area contributed by atoms with Gasteiger partial charge in [-0.3, -0.25) is 4.98 Å². The molecule has 0 aromatic carbocycles. The number of pyridine rings is 1. The Kier molecular flexibility index (Phi) is 5.00. The highest BCUT2D eigenvalue weighted by molar-refractivity contribution is 5.20. The normalized spacial score (nSPS) is 17.1. The SMILES string of the molecule is CC(C)NCc1ccc(OC2CCCCC2)cn1. The lowest BCUT2D eigenvalue weighted by Crippen LogP contribution is -2.22.